The van der Waals surface area contributed by atoms with E-state index in [0.29, 0.717) is 6.54 Å². The molecular formula is C19H23FN2O2S. The molecule has 0 saturated carbocycles. The van der Waals surface area contributed by atoms with Crippen molar-refractivity contribution in [2.45, 2.75) is 31.9 Å². The van der Waals surface area contributed by atoms with E-state index in [1.54, 1.807) is 12.1 Å². The number of hydrogen-bond donors (Lipinski definition) is 2. The maximum Gasteiger partial charge on any atom is 0.261 e. The fourth-order valence-electron chi connectivity index (χ4n) is 3.11. The smallest absolute Gasteiger partial charge is 0.261 e. The van der Waals surface area contributed by atoms with Gasteiger partial charge in [-0.2, -0.15) is 0 Å². The minimum absolute atomic E-state index is 0.00268. The summed E-state index contributed by atoms with van der Waals surface area (Å²) in [6.45, 7) is 4.17. The lowest BCUT2D eigenvalue weighted by Gasteiger charge is -2.33. The number of piperidine rings is 1. The molecule has 1 unspecified atom stereocenters. The van der Waals surface area contributed by atoms with Crippen LogP contribution in [0.15, 0.2) is 36.4 Å². The molecule has 0 spiro atoms. The van der Waals surface area contributed by atoms with Gasteiger partial charge in [0, 0.05) is 30.6 Å². The summed E-state index contributed by atoms with van der Waals surface area (Å²) >= 11 is 1.51. The lowest BCUT2D eigenvalue weighted by molar-refractivity contribution is 0.0830. The molecule has 2 N–H and O–H groups in total. The summed E-state index contributed by atoms with van der Waals surface area (Å²) in [5.74, 6) is -0.295. The number of carbonyl (C=O) groups excluding carboxylic acids is 1. The van der Waals surface area contributed by atoms with E-state index < -0.39 is 6.10 Å². The van der Waals surface area contributed by atoms with Crippen molar-refractivity contribution >= 4 is 17.2 Å². The Hall–Kier alpha value is -1.76. The molecule has 1 amide bonds. The van der Waals surface area contributed by atoms with Crippen LogP contribution in [0.25, 0.3) is 0 Å². The van der Waals surface area contributed by atoms with Gasteiger partial charge in [0.2, 0.25) is 0 Å². The normalized spacial score (nSPS) is 17.4. The number of β-amino-alcohol motifs (C(OH)–C–C–N with tert-alkyl or cyclic N) is 1. The van der Waals surface area contributed by atoms with Gasteiger partial charge >= 0.3 is 0 Å². The Bertz CT molecular complexity index is 708. The van der Waals surface area contributed by atoms with Gasteiger partial charge in [0.15, 0.2) is 0 Å². The summed E-state index contributed by atoms with van der Waals surface area (Å²) in [5, 5.41) is 13.4. The molecule has 134 valence electrons. The molecule has 1 aromatic carbocycles. The summed E-state index contributed by atoms with van der Waals surface area (Å²) in [4.78, 5) is 16.3. The van der Waals surface area contributed by atoms with Crippen molar-refractivity contribution in [1.29, 1.82) is 0 Å². The van der Waals surface area contributed by atoms with E-state index in [0.717, 1.165) is 41.2 Å². The summed E-state index contributed by atoms with van der Waals surface area (Å²) in [7, 11) is 0. The number of carbonyl (C=O) groups is 1. The van der Waals surface area contributed by atoms with Crippen molar-refractivity contribution < 1.29 is 14.3 Å². The molecule has 2 aromatic rings. The predicted octanol–water partition coefficient (Wildman–Crippen LogP) is 3.12. The number of thiophene rings is 1. The predicted molar refractivity (Wildman–Crippen MR) is 97.3 cm³/mol. The fraction of sp³-hybridized carbons (Fsp3) is 0.421. The maximum atomic E-state index is 13.0. The lowest BCUT2D eigenvalue weighted by atomic mass is 10.0. The van der Waals surface area contributed by atoms with Gasteiger partial charge in [-0.1, -0.05) is 12.1 Å². The van der Waals surface area contributed by atoms with Gasteiger partial charge in [-0.3, -0.25) is 4.79 Å². The van der Waals surface area contributed by atoms with Crippen molar-refractivity contribution in [3.63, 3.8) is 0 Å². The van der Waals surface area contributed by atoms with Crippen molar-refractivity contribution in [3.05, 3.63) is 57.5 Å². The minimum Gasteiger partial charge on any atom is -0.387 e. The second-order valence-corrected chi connectivity index (χ2v) is 7.81. The number of benzene rings is 1. The number of amides is 1. The molecule has 6 heteroatoms. The SMILES string of the molecule is Cc1ccc(C(=O)NC2CCN(CC(O)c3ccc(F)cc3)CC2)s1. The third kappa shape index (κ3) is 4.87. The van der Waals surface area contributed by atoms with E-state index in [9.17, 15) is 14.3 Å². The number of rotatable bonds is 5. The number of halogens is 1. The van der Waals surface area contributed by atoms with Gasteiger partial charge in [0.05, 0.1) is 11.0 Å². The topological polar surface area (TPSA) is 52.6 Å². The molecule has 3 rings (SSSR count). The second kappa shape index (κ2) is 8.08. The van der Waals surface area contributed by atoms with E-state index in [2.05, 4.69) is 10.2 Å². The summed E-state index contributed by atoms with van der Waals surface area (Å²) in [5.41, 5.74) is 0.727. The van der Waals surface area contributed by atoms with Crippen LogP contribution >= 0.6 is 11.3 Å². The number of aliphatic hydroxyl groups excluding tert-OH is 1. The quantitative estimate of drug-likeness (QED) is 0.859. The molecule has 1 fully saturated rings. The number of nitrogens with zero attached hydrogens (tertiary/aromatic N) is 1. The highest BCUT2D eigenvalue weighted by Crippen LogP contribution is 2.19. The molecule has 1 aromatic heterocycles. The standard InChI is InChI=1S/C19H23FN2O2S/c1-13-2-7-18(25-13)19(24)21-16-8-10-22(11-9-16)12-17(23)14-3-5-15(20)6-4-14/h2-7,16-17,23H,8-12H2,1H3,(H,21,24). The molecule has 4 nitrogen and oxygen atoms in total. The molecule has 0 aliphatic carbocycles. The Morgan fingerprint density at radius 1 is 1.28 bits per heavy atom. The third-order valence-electron chi connectivity index (χ3n) is 4.57. The Morgan fingerprint density at radius 3 is 2.56 bits per heavy atom. The van der Waals surface area contributed by atoms with Crippen LogP contribution in [0.3, 0.4) is 0 Å². The van der Waals surface area contributed by atoms with Crippen molar-refractivity contribution in [3.8, 4) is 0 Å². The summed E-state index contributed by atoms with van der Waals surface area (Å²) < 4.78 is 13.0. The molecule has 0 radical (unpaired) electrons. The highest BCUT2D eigenvalue weighted by Gasteiger charge is 2.23. The van der Waals surface area contributed by atoms with Crippen LogP contribution in [0.5, 0.6) is 0 Å². The number of likely N-dealkylation sites (tertiary alicyclic amines) is 1. The van der Waals surface area contributed by atoms with E-state index in [4.69, 9.17) is 0 Å². The fourth-order valence-corrected chi connectivity index (χ4v) is 3.88. The molecule has 1 saturated heterocycles. The zero-order valence-corrected chi connectivity index (χ0v) is 15.1. The molecule has 1 aliphatic heterocycles. The monoisotopic (exact) mass is 362 g/mol. The minimum atomic E-state index is -0.624. The molecular weight excluding hydrogens is 339 g/mol. The molecule has 1 aliphatic rings. The van der Waals surface area contributed by atoms with Crippen LogP contribution in [0.1, 0.15) is 39.1 Å². The number of aliphatic hydroxyl groups is 1. The Labute approximate surface area is 151 Å². The van der Waals surface area contributed by atoms with E-state index in [1.807, 2.05) is 19.1 Å². The van der Waals surface area contributed by atoms with Crippen LogP contribution in [0, 0.1) is 12.7 Å². The van der Waals surface area contributed by atoms with Gasteiger partial charge in [0.1, 0.15) is 5.82 Å². The first kappa shape index (κ1) is 18.0. The van der Waals surface area contributed by atoms with E-state index in [1.165, 1.54) is 23.5 Å². The Morgan fingerprint density at radius 2 is 1.96 bits per heavy atom. The molecule has 1 atom stereocenters. The zero-order valence-electron chi connectivity index (χ0n) is 14.2. The van der Waals surface area contributed by atoms with Crippen LogP contribution in [-0.4, -0.2) is 41.6 Å². The average Bonchev–Trinajstić information content (AvgIpc) is 3.04. The first-order chi connectivity index (χ1) is 12.0. The van der Waals surface area contributed by atoms with Crippen LogP contribution in [-0.2, 0) is 0 Å². The zero-order chi connectivity index (χ0) is 17.8. The molecule has 2 heterocycles. The highest BCUT2D eigenvalue weighted by molar-refractivity contribution is 7.13. The third-order valence-corrected chi connectivity index (χ3v) is 5.57. The second-order valence-electron chi connectivity index (χ2n) is 6.53. The van der Waals surface area contributed by atoms with Crippen LogP contribution < -0.4 is 5.32 Å². The van der Waals surface area contributed by atoms with Gasteiger partial charge < -0.3 is 15.3 Å². The first-order valence-corrected chi connectivity index (χ1v) is 9.36. The Kier molecular flexibility index (Phi) is 5.83. The van der Waals surface area contributed by atoms with Crippen LogP contribution in [0.4, 0.5) is 4.39 Å². The Balaban J connectivity index is 1.45. The number of nitrogens with one attached hydrogen (secondary N) is 1. The largest absolute Gasteiger partial charge is 0.387 e. The van der Waals surface area contributed by atoms with Crippen molar-refractivity contribution in [1.82, 2.24) is 10.2 Å². The van der Waals surface area contributed by atoms with Gasteiger partial charge in [-0.05, 0) is 49.6 Å². The highest BCUT2D eigenvalue weighted by atomic mass is 32.1. The molecule has 0 bridgehead atoms. The van der Waals surface area contributed by atoms with Crippen molar-refractivity contribution in [2.24, 2.45) is 0 Å². The van der Waals surface area contributed by atoms with Gasteiger partial charge in [-0.15, -0.1) is 11.3 Å². The van der Waals surface area contributed by atoms with E-state index >= 15 is 0 Å². The summed E-state index contributed by atoms with van der Waals surface area (Å²) in [6, 6.07) is 9.97. The average molecular weight is 362 g/mol. The number of aryl methyl sites for hydroxylation is 1. The van der Waals surface area contributed by atoms with Gasteiger partial charge in [-0.25, -0.2) is 4.39 Å². The molecule has 25 heavy (non-hydrogen) atoms. The van der Waals surface area contributed by atoms with E-state index in [-0.39, 0.29) is 17.8 Å². The first-order valence-electron chi connectivity index (χ1n) is 8.54. The summed E-state index contributed by atoms with van der Waals surface area (Å²) in [6.07, 6.45) is 1.11. The number of hydrogen-bond acceptors (Lipinski definition) is 4. The van der Waals surface area contributed by atoms with Gasteiger partial charge in [0.25, 0.3) is 5.91 Å². The maximum absolute atomic E-state index is 13.0. The van der Waals surface area contributed by atoms with Crippen molar-refractivity contribution in [2.75, 3.05) is 19.6 Å². The van der Waals surface area contributed by atoms with Crippen LogP contribution in [0.2, 0.25) is 0 Å². The lowest BCUT2D eigenvalue weighted by Crippen LogP contribution is -2.45.